The van der Waals surface area contributed by atoms with E-state index in [9.17, 15) is 0 Å². The molecule has 0 aliphatic carbocycles. The highest BCUT2D eigenvalue weighted by atomic mass is 16.3. The summed E-state index contributed by atoms with van der Waals surface area (Å²) in [5.74, 6) is 0. The molecule has 141 heavy (non-hydrogen) atoms. The lowest BCUT2D eigenvalue weighted by molar-refractivity contribution is 0.672. The maximum atomic E-state index is 7.22. The Morgan fingerprint density at radius 2 is 0.348 bits per heavy atom. The SMILES string of the molecule is c1cc(-c2cccc(-c3c4ccccc4c(-c4ccc5oc6c7ccccc7c7ccccc7c6c5c4)c4ccccc34)c2)cc(-c2ccc3c(c2)c2ccccc2c2c4cc(-c5c6ccccc6c(-c6ccc7c(ccc8ccc(-c9ccc%10c%11ccccc%11c%11c%12cc(-c%13c%14ccccc%14c(-c%14cccc%15ccccc%14%15)c%14ccccc%13%14)ccc%12oc%11c%10c9)cc87)c6)c6ccccc56)ccc4oc32)c1. The summed E-state index contributed by atoms with van der Waals surface area (Å²) < 4.78 is 21.3. The molecule has 3 heterocycles. The van der Waals surface area contributed by atoms with Crippen molar-refractivity contribution in [3.8, 4) is 100 Å². The van der Waals surface area contributed by atoms with Crippen LogP contribution in [-0.2, 0) is 0 Å². The van der Waals surface area contributed by atoms with Crippen LogP contribution in [-0.4, -0.2) is 0 Å². The largest absolute Gasteiger partial charge is 0.455 e. The summed E-state index contributed by atoms with van der Waals surface area (Å²) in [4.78, 5) is 0. The van der Waals surface area contributed by atoms with E-state index in [0.29, 0.717) is 0 Å². The van der Waals surface area contributed by atoms with Gasteiger partial charge in [-0.25, -0.2) is 0 Å². The van der Waals surface area contributed by atoms with Crippen molar-refractivity contribution in [1.29, 1.82) is 0 Å². The molecule has 0 N–H and O–H groups in total. The fourth-order valence-corrected chi connectivity index (χ4v) is 24.9. The average molecular weight is 1780 g/mol. The van der Waals surface area contributed by atoms with Crippen LogP contribution < -0.4 is 0 Å². The molecular weight excluding hydrogens is 1710 g/mol. The molecular formula is C138H78O3. The molecule has 31 rings (SSSR count). The summed E-state index contributed by atoms with van der Waals surface area (Å²) in [6.07, 6.45) is 0. The van der Waals surface area contributed by atoms with Crippen molar-refractivity contribution < 1.29 is 13.3 Å². The molecule has 0 saturated heterocycles. The maximum Gasteiger partial charge on any atom is 0.143 e. The van der Waals surface area contributed by atoms with Gasteiger partial charge in [0.15, 0.2) is 0 Å². The first-order valence-corrected chi connectivity index (χ1v) is 48.8. The van der Waals surface area contributed by atoms with E-state index in [1.54, 1.807) is 0 Å². The van der Waals surface area contributed by atoms with E-state index in [0.717, 1.165) is 143 Å². The number of hydrogen-bond donors (Lipinski definition) is 0. The molecule has 0 saturated carbocycles. The predicted octanol–water partition coefficient (Wildman–Crippen LogP) is 39.7. The van der Waals surface area contributed by atoms with Crippen molar-refractivity contribution in [2.75, 3.05) is 0 Å². The Bertz CT molecular complexity index is 10800. The van der Waals surface area contributed by atoms with Gasteiger partial charge in [-0.15, -0.1) is 0 Å². The number of furan rings is 3. The summed E-state index contributed by atoms with van der Waals surface area (Å²) in [6, 6.07) is 176. The van der Waals surface area contributed by atoms with Crippen LogP contribution in [0.15, 0.2) is 486 Å². The zero-order chi connectivity index (χ0) is 91.9. The topological polar surface area (TPSA) is 39.4 Å². The van der Waals surface area contributed by atoms with Crippen molar-refractivity contribution >= 4 is 227 Å². The smallest absolute Gasteiger partial charge is 0.143 e. The van der Waals surface area contributed by atoms with Crippen LogP contribution >= 0.6 is 0 Å². The van der Waals surface area contributed by atoms with E-state index in [2.05, 4.69) is 473 Å². The van der Waals surface area contributed by atoms with Gasteiger partial charge < -0.3 is 13.3 Å². The summed E-state index contributed by atoms with van der Waals surface area (Å²) >= 11 is 0. The van der Waals surface area contributed by atoms with Crippen molar-refractivity contribution in [2.24, 2.45) is 0 Å². The molecule has 0 atom stereocenters. The zero-order valence-corrected chi connectivity index (χ0v) is 76.3. The molecule has 3 heteroatoms. The molecule has 648 valence electrons. The highest BCUT2D eigenvalue weighted by molar-refractivity contribution is 6.36. The molecule has 0 spiro atoms. The lowest BCUT2D eigenvalue weighted by Gasteiger charge is -2.18. The van der Waals surface area contributed by atoms with E-state index in [1.165, 1.54) is 185 Å². The van der Waals surface area contributed by atoms with Crippen molar-refractivity contribution in [2.45, 2.75) is 0 Å². The van der Waals surface area contributed by atoms with Gasteiger partial charge in [-0.05, 0) is 324 Å². The van der Waals surface area contributed by atoms with Gasteiger partial charge in [0.05, 0.1) is 0 Å². The molecule has 3 aromatic heterocycles. The van der Waals surface area contributed by atoms with Gasteiger partial charge in [-0.2, -0.15) is 0 Å². The van der Waals surface area contributed by atoms with E-state index in [1.807, 2.05) is 0 Å². The van der Waals surface area contributed by atoms with Crippen LogP contribution in [0.4, 0.5) is 0 Å². The second kappa shape index (κ2) is 30.0. The van der Waals surface area contributed by atoms with Crippen LogP contribution in [0.3, 0.4) is 0 Å². The molecule has 0 fully saturated rings. The minimum absolute atomic E-state index is 0.858. The second-order valence-electron chi connectivity index (χ2n) is 38.4. The molecule has 0 aliphatic rings. The number of fused-ring (bicyclic) bond motifs is 34. The third-order valence-corrected chi connectivity index (χ3v) is 31.1. The Labute approximate surface area is 808 Å². The van der Waals surface area contributed by atoms with Gasteiger partial charge in [-0.1, -0.05) is 394 Å². The Kier molecular flexibility index (Phi) is 16.5. The monoisotopic (exact) mass is 1780 g/mol. The summed E-state index contributed by atoms with van der Waals surface area (Å²) in [6.45, 7) is 0. The van der Waals surface area contributed by atoms with Gasteiger partial charge in [0.1, 0.15) is 33.5 Å². The Morgan fingerprint density at radius 3 is 0.794 bits per heavy atom. The van der Waals surface area contributed by atoms with Crippen molar-refractivity contribution in [3.05, 3.63) is 473 Å². The van der Waals surface area contributed by atoms with Crippen LogP contribution in [0.5, 0.6) is 0 Å². The normalized spacial score (nSPS) is 12.3. The zero-order valence-electron chi connectivity index (χ0n) is 76.3. The molecule has 0 radical (unpaired) electrons. The second-order valence-corrected chi connectivity index (χ2v) is 38.4. The molecule has 0 aliphatic heterocycles. The standard InChI is InChI=1S/C138H78O3/c1-2-32-93-79(26-1)27-25-53-100(93)132-114-50-20-18-48-112(114)131(113-49-19-21-51-115(113)132)92-63-69-126-123(78-92)135-102-38-8-4-34-96(102)99-65-58-86(75-120(99)138(135)141-126)84-56-54-80-55-57-87-72-89(60-64-94(87)118(80)73-84)128-106-42-12-16-46-110(106)130(111-47-17-13-43-107(111)128)91-62-68-125-122(77-91)134-103-39-9-5-36-98(103)119-74-85(59-66-117(119)137(134)140-125)82-29-23-28-81(70-82)83-30-24-31-88(71-83)127-104-40-10-14-44-108(104)129(109-45-15-11-41-105(109)127)90-61-67-124-121(76-90)133-101-37-7-3-33-95(101)97-35-6-22-52-116(97)136(133)139-124/h1-78H. The molecule has 0 bridgehead atoms. The van der Waals surface area contributed by atoms with Gasteiger partial charge in [0, 0.05) is 48.5 Å². The third kappa shape index (κ3) is 11.5. The lowest BCUT2D eigenvalue weighted by atomic mass is 9.84. The minimum atomic E-state index is 0.858. The van der Waals surface area contributed by atoms with Crippen LogP contribution in [0.25, 0.3) is 328 Å². The molecule has 0 unspecified atom stereocenters. The number of benzene rings is 28. The van der Waals surface area contributed by atoms with Crippen molar-refractivity contribution in [3.63, 3.8) is 0 Å². The first-order valence-electron chi connectivity index (χ1n) is 48.8. The van der Waals surface area contributed by atoms with E-state index in [4.69, 9.17) is 13.3 Å². The highest BCUT2D eigenvalue weighted by Gasteiger charge is 2.28. The fourth-order valence-electron chi connectivity index (χ4n) is 24.9. The van der Waals surface area contributed by atoms with Crippen molar-refractivity contribution in [1.82, 2.24) is 0 Å². The highest BCUT2D eigenvalue weighted by Crippen LogP contribution is 2.55. The summed E-state index contributed by atoms with van der Waals surface area (Å²) in [7, 11) is 0. The molecule has 31 aromatic rings. The number of hydrogen-bond acceptors (Lipinski definition) is 3. The first kappa shape index (κ1) is 77.7. The summed E-state index contributed by atoms with van der Waals surface area (Å²) in [5, 5.41) is 42.5. The Morgan fingerprint density at radius 1 is 0.106 bits per heavy atom. The Balaban J connectivity index is 0.476. The van der Waals surface area contributed by atoms with E-state index >= 15 is 0 Å². The van der Waals surface area contributed by atoms with Gasteiger partial charge in [-0.3, -0.25) is 0 Å². The molecule has 28 aromatic carbocycles. The Hall–Kier alpha value is -18.5. The lowest BCUT2D eigenvalue weighted by Crippen LogP contribution is -1.91. The average Bonchev–Trinajstić information content (AvgIpc) is 1.57. The third-order valence-electron chi connectivity index (χ3n) is 31.1. The molecule has 3 nitrogen and oxygen atoms in total. The van der Waals surface area contributed by atoms with E-state index in [-0.39, 0.29) is 0 Å². The fraction of sp³-hybridized carbons (Fsp3) is 0. The van der Waals surface area contributed by atoms with Crippen LogP contribution in [0.2, 0.25) is 0 Å². The minimum Gasteiger partial charge on any atom is -0.455 e. The maximum absolute atomic E-state index is 7.22. The quantitative estimate of drug-likeness (QED) is 0.107. The van der Waals surface area contributed by atoms with E-state index < -0.39 is 0 Å². The predicted molar refractivity (Wildman–Crippen MR) is 600 cm³/mol. The van der Waals surface area contributed by atoms with Gasteiger partial charge in [0.2, 0.25) is 0 Å². The number of rotatable bonds is 9. The first-order chi connectivity index (χ1) is 69.9. The summed E-state index contributed by atoms with van der Waals surface area (Å²) in [5.41, 5.74) is 26.6. The van der Waals surface area contributed by atoms with Crippen LogP contribution in [0.1, 0.15) is 0 Å². The molecule has 0 amide bonds. The van der Waals surface area contributed by atoms with Gasteiger partial charge >= 0.3 is 0 Å². The van der Waals surface area contributed by atoms with Crippen LogP contribution in [0, 0.1) is 0 Å². The van der Waals surface area contributed by atoms with Gasteiger partial charge in [0.25, 0.3) is 0 Å².